The number of rotatable bonds is 6. The Kier molecular flexibility index (Phi) is 4.62. The molecule has 2 fully saturated rings. The van der Waals surface area contributed by atoms with E-state index in [4.69, 9.17) is 5.11 Å². The molecule has 0 spiro atoms. The lowest BCUT2D eigenvalue weighted by Crippen LogP contribution is -2.50. The highest BCUT2D eigenvalue weighted by Crippen LogP contribution is 2.31. The Morgan fingerprint density at radius 1 is 1.25 bits per heavy atom. The summed E-state index contributed by atoms with van der Waals surface area (Å²) in [7, 11) is 0. The summed E-state index contributed by atoms with van der Waals surface area (Å²) in [4.78, 5) is 2.64. The molecule has 94 valence electrons. The Morgan fingerprint density at radius 2 is 2.06 bits per heavy atom. The number of aliphatic hydroxyl groups excluding tert-OH is 1. The van der Waals surface area contributed by atoms with Crippen molar-refractivity contribution in [2.24, 2.45) is 11.8 Å². The number of hydrogen-bond acceptors (Lipinski definition) is 3. The third kappa shape index (κ3) is 3.72. The normalized spacial score (nSPS) is 31.9. The molecule has 0 aromatic carbocycles. The Bertz CT molecular complexity index is 206. The van der Waals surface area contributed by atoms with Gasteiger partial charge in [0.05, 0.1) is 6.61 Å². The number of nitrogens with zero attached hydrogens (tertiary/aromatic N) is 1. The van der Waals surface area contributed by atoms with Crippen molar-refractivity contribution >= 4 is 0 Å². The number of nitrogens with one attached hydrogen (secondary N) is 1. The van der Waals surface area contributed by atoms with E-state index in [1.165, 1.54) is 45.3 Å². The fourth-order valence-electron chi connectivity index (χ4n) is 2.83. The highest BCUT2D eigenvalue weighted by atomic mass is 16.3. The summed E-state index contributed by atoms with van der Waals surface area (Å²) in [5.41, 5.74) is 0. The van der Waals surface area contributed by atoms with Crippen LogP contribution >= 0.6 is 0 Å². The molecular formula is C13H26N2O. The first-order chi connectivity index (χ1) is 7.81. The zero-order valence-corrected chi connectivity index (χ0v) is 10.5. The van der Waals surface area contributed by atoms with Crippen LogP contribution < -0.4 is 5.32 Å². The van der Waals surface area contributed by atoms with Crippen molar-refractivity contribution in [3.05, 3.63) is 0 Å². The van der Waals surface area contributed by atoms with E-state index in [1.807, 2.05) is 0 Å². The van der Waals surface area contributed by atoms with Crippen LogP contribution in [0, 0.1) is 11.8 Å². The predicted octanol–water partition coefficient (Wildman–Crippen LogP) is 1.08. The molecule has 0 radical (unpaired) electrons. The van der Waals surface area contributed by atoms with E-state index in [0.717, 1.165) is 18.4 Å². The number of piperidine rings is 1. The average molecular weight is 226 g/mol. The fourth-order valence-corrected chi connectivity index (χ4v) is 2.83. The molecule has 2 aliphatic rings. The van der Waals surface area contributed by atoms with Gasteiger partial charge in [-0.05, 0) is 31.1 Å². The second-order valence-corrected chi connectivity index (χ2v) is 5.55. The SMILES string of the molecule is CCC1CC(NCCO)CN(CC2CC2)C1. The maximum Gasteiger partial charge on any atom is 0.0556 e. The van der Waals surface area contributed by atoms with Gasteiger partial charge in [-0.25, -0.2) is 0 Å². The quantitative estimate of drug-likeness (QED) is 0.711. The monoisotopic (exact) mass is 226 g/mol. The van der Waals surface area contributed by atoms with Crippen LogP contribution in [0.1, 0.15) is 32.6 Å². The second kappa shape index (κ2) is 5.99. The van der Waals surface area contributed by atoms with Crippen LogP contribution in [-0.4, -0.2) is 48.8 Å². The van der Waals surface area contributed by atoms with Gasteiger partial charge in [-0.15, -0.1) is 0 Å². The topological polar surface area (TPSA) is 35.5 Å². The molecule has 1 saturated carbocycles. The summed E-state index contributed by atoms with van der Waals surface area (Å²) in [6, 6.07) is 0.601. The largest absolute Gasteiger partial charge is 0.395 e. The summed E-state index contributed by atoms with van der Waals surface area (Å²) in [5.74, 6) is 1.85. The molecule has 1 saturated heterocycles. The number of hydrogen-bond donors (Lipinski definition) is 2. The Balaban J connectivity index is 1.78. The van der Waals surface area contributed by atoms with E-state index in [1.54, 1.807) is 0 Å². The maximum atomic E-state index is 8.87. The van der Waals surface area contributed by atoms with E-state index in [-0.39, 0.29) is 6.61 Å². The fraction of sp³-hybridized carbons (Fsp3) is 1.00. The van der Waals surface area contributed by atoms with Crippen LogP contribution in [0.3, 0.4) is 0 Å². The smallest absolute Gasteiger partial charge is 0.0556 e. The lowest BCUT2D eigenvalue weighted by molar-refractivity contribution is 0.130. The summed E-state index contributed by atoms with van der Waals surface area (Å²) in [6.45, 7) is 7.10. The standard InChI is InChI=1S/C13H26N2O/c1-2-11-7-13(14-5-6-16)10-15(8-11)9-12-3-4-12/h11-14,16H,2-10H2,1H3. The number of aliphatic hydroxyl groups is 1. The molecule has 3 nitrogen and oxygen atoms in total. The molecule has 0 bridgehead atoms. The lowest BCUT2D eigenvalue weighted by atomic mass is 9.92. The molecule has 1 aliphatic carbocycles. The molecule has 2 unspecified atom stereocenters. The van der Waals surface area contributed by atoms with Gasteiger partial charge in [0.1, 0.15) is 0 Å². The minimum Gasteiger partial charge on any atom is -0.395 e. The predicted molar refractivity (Wildman–Crippen MR) is 66.4 cm³/mol. The van der Waals surface area contributed by atoms with Crippen LogP contribution in [0.4, 0.5) is 0 Å². The maximum absolute atomic E-state index is 8.87. The molecule has 0 aromatic rings. The highest BCUT2D eigenvalue weighted by molar-refractivity contribution is 4.86. The Morgan fingerprint density at radius 3 is 2.69 bits per heavy atom. The van der Waals surface area contributed by atoms with Gasteiger partial charge in [-0.2, -0.15) is 0 Å². The molecule has 2 N–H and O–H groups in total. The summed E-state index contributed by atoms with van der Waals surface area (Å²) in [5, 5.41) is 12.3. The van der Waals surface area contributed by atoms with Crippen LogP contribution in [-0.2, 0) is 0 Å². The minimum absolute atomic E-state index is 0.260. The van der Waals surface area contributed by atoms with Crippen molar-refractivity contribution in [2.75, 3.05) is 32.8 Å². The zero-order chi connectivity index (χ0) is 11.4. The molecule has 0 aromatic heterocycles. The van der Waals surface area contributed by atoms with Gasteiger partial charge in [0.25, 0.3) is 0 Å². The van der Waals surface area contributed by atoms with Crippen LogP contribution in [0.25, 0.3) is 0 Å². The first-order valence-corrected chi connectivity index (χ1v) is 6.88. The third-order valence-corrected chi connectivity index (χ3v) is 3.95. The lowest BCUT2D eigenvalue weighted by Gasteiger charge is -2.38. The van der Waals surface area contributed by atoms with Crippen LogP contribution in [0.15, 0.2) is 0 Å². The highest BCUT2D eigenvalue weighted by Gasteiger charge is 2.30. The van der Waals surface area contributed by atoms with Crippen molar-refractivity contribution in [3.8, 4) is 0 Å². The minimum atomic E-state index is 0.260. The van der Waals surface area contributed by atoms with Crippen molar-refractivity contribution in [1.82, 2.24) is 10.2 Å². The summed E-state index contributed by atoms with van der Waals surface area (Å²) in [6.07, 6.45) is 5.47. The molecular weight excluding hydrogens is 200 g/mol. The molecule has 2 rings (SSSR count). The van der Waals surface area contributed by atoms with E-state index >= 15 is 0 Å². The van der Waals surface area contributed by atoms with Crippen molar-refractivity contribution in [1.29, 1.82) is 0 Å². The molecule has 16 heavy (non-hydrogen) atoms. The van der Waals surface area contributed by atoms with Crippen molar-refractivity contribution in [3.63, 3.8) is 0 Å². The summed E-state index contributed by atoms with van der Waals surface area (Å²) >= 11 is 0. The van der Waals surface area contributed by atoms with Gasteiger partial charge in [-0.3, -0.25) is 0 Å². The first kappa shape index (κ1) is 12.3. The van der Waals surface area contributed by atoms with Gasteiger partial charge in [0.15, 0.2) is 0 Å². The molecule has 0 amide bonds. The van der Waals surface area contributed by atoms with Gasteiger partial charge in [-0.1, -0.05) is 13.3 Å². The second-order valence-electron chi connectivity index (χ2n) is 5.55. The zero-order valence-electron chi connectivity index (χ0n) is 10.5. The van der Waals surface area contributed by atoms with Crippen molar-refractivity contribution < 1.29 is 5.11 Å². The van der Waals surface area contributed by atoms with Gasteiger partial charge >= 0.3 is 0 Å². The third-order valence-electron chi connectivity index (χ3n) is 3.95. The molecule has 3 heteroatoms. The summed E-state index contributed by atoms with van der Waals surface area (Å²) < 4.78 is 0. The van der Waals surface area contributed by atoms with E-state index < -0.39 is 0 Å². The van der Waals surface area contributed by atoms with Crippen LogP contribution in [0.5, 0.6) is 0 Å². The van der Waals surface area contributed by atoms with Gasteiger partial charge in [0.2, 0.25) is 0 Å². The Hall–Kier alpha value is -0.120. The first-order valence-electron chi connectivity index (χ1n) is 6.88. The molecule has 1 aliphatic heterocycles. The van der Waals surface area contributed by atoms with Gasteiger partial charge < -0.3 is 15.3 Å². The molecule has 2 atom stereocenters. The number of likely N-dealkylation sites (tertiary alicyclic amines) is 1. The Labute approximate surface area is 99.2 Å². The van der Waals surface area contributed by atoms with Crippen molar-refractivity contribution in [2.45, 2.75) is 38.6 Å². The van der Waals surface area contributed by atoms with Crippen LogP contribution in [0.2, 0.25) is 0 Å². The molecule has 1 heterocycles. The van der Waals surface area contributed by atoms with E-state index in [2.05, 4.69) is 17.1 Å². The van der Waals surface area contributed by atoms with E-state index in [0.29, 0.717) is 6.04 Å². The average Bonchev–Trinajstić information content (AvgIpc) is 3.10. The van der Waals surface area contributed by atoms with Gasteiger partial charge in [0, 0.05) is 32.2 Å². The van der Waals surface area contributed by atoms with E-state index in [9.17, 15) is 0 Å².